The molecule has 0 saturated carbocycles. The number of cyclic esters (lactones) is 1. The lowest BCUT2D eigenvalue weighted by atomic mass is 10.1. The molecule has 2 aliphatic heterocycles. The largest absolute Gasteiger partial charge is 0.423 e. The monoisotopic (exact) mass is 408 g/mol. The summed E-state index contributed by atoms with van der Waals surface area (Å²) in [5, 5.41) is 11.6. The molecule has 1 aromatic rings. The summed E-state index contributed by atoms with van der Waals surface area (Å²) in [6.07, 6.45) is -1.37. The molecule has 1 aromatic carbocycles. The number of nitrogens with zero attached hydrogens (tertiary/aromatic N) is 3. The Morgan fingerprint density at radius 1 is 1.34 bits per heavy atom. The highest BCUT2D eigenvalue weighted by molar-refractivity contribution is 5.90. The zero-order valence-electron chi connectivity index (χ0n) is 16.6. The molecule has 0 radical (unpaired) electrons. The number of ether oxygens (including phenoxy) is 1. The predicted molar refractivity (Wildman–Crippen MR) is 103 cm³/mol. The molecule has 3 atom stereocenters. The van der Waals surface area contributed by atoms with Crippen LogP contribution in [-0.4, -0.2) is 73.5 Å². The summed E-state index contributed by atoms with van der Waals surface area (Å²) < 4.78 is 20.0. The fourth-order valence-electron chi connectivity index (χ4n) is 3.59. The van der Waals surface area contributed by atoms with Gasteiger partial charge in [-0.3, -0.25) is 14.5 Å². The average molecular weight is 408 g/mol. The van der Waals surface area contributed by atoms with Gasteiger partial charge in [-0.05, 0) is 24.1 Å². The van der Waals surface area contributed by atoms with Gasteiger partial charge < -0.3 is 25.0 Å². The fraction of sp³-hybridized carbons (Fsp3) is 0.526. The molecule has 1 unspecified atom stereocenters. The van der Waals surface area contributed by atoms with Gasteiger partial charge in [0.15, 0.2) is 6.23 Å². The molecule has 2 aliphatic rings. The van der Waals surface area contributed by atoms with Crippen molar-refractivity contribution in [2.75, 3.05) is 43.1 Å². The number of aliphatic hydroxyl groups excluding tert-OH is 1. The fourth-order valence-corrected chi connectivity index (χ4v) is 3.59. The number of hydrogen-bond acceptors (Lipinski definition) is 6. The van der Waals surface area contributed by atoms with Gasteiger partial charge in [0.05, 0.1) is 24.0 Å². The molecular formula is C19H25FN4O5. The van der Waals surface area contributed by atoms with E-state index in [0.29, 0.717) is 24.5 Å². The van der Waals surface area contributed by atoms with Crippen LogP contribution in [-0.2, 0) is 14.3 Å². The van der Waals surface area contributed by atoms with Gasteiger partial charge in [-0.2, -0.15) is 0 Å². The number of hydrogen-bond donors (Lipinski definition) is 2. The maximum atomic E-state index is 14.8. The van der Waals surface area contributed by atoms with Gasteiger partial charge in [0.25, 0.3) is 0 Å². The number of carbonyl (C=O) groups is 3. The smallest absolute Gasteiger partial charge is 0.416 e. The summed E-state index contributed by atoms with van der Waals surface area (Å²) in [4.78, 5) is 39.5. The third-order valence-corrected chi connectivity index (χ3v) is 5.41. The van der Waals surface area contributed by atoms with Crippen LogP contribution in [0, 0.1) is 11.7 Å². The molecule has 10 heteroatoms. The van der Waals surface area contributed by atoms with Crippen molar-refractivity contribution in [2.45, 2.75) is 26.1 Å². The van der Waals surface area contributed by atoms with Gasteiger partial charge in [0, 0.05) is 27.1 Å². The number of aliphatic hydroxyl groups is 1. The minimum atomic E-state index is -0.724. The van der Waals surface area contributed by atoms with Crippen molar-refractivity contribution in [1.29, 1.82) is 0 Å². The van der Waals surface area contributed by atoms with Gasteiger partial charge in [-0.25, -0.2) is 9.18 Å². The molecule has 158 valence electrons. The van der Waals surface area contributed by atoms with E-state index in [4.69, 9.17) is 9.84 Å². The van der Waals surface area contributed by atoms with Crippen LogP contribution in [0.2, 0.25) is 0 Å². The first-order chi connectivity index (χ1) is 13.7. The average Bonchev–Trinajstić information content (AvgIpc) is 3.23. The zero-order chi connectivity index (χ0) is 21.3. The first-order valence-corrected chi connectivity index (χ1v) is 9.37. The van der Waals surface area contributed by atoms with Crippen LogP contribution in [0.25, 0.3) is 0 Å². The van der Waals surface area contributed by atoms with Gasteiger partial charge in [-0.15, -0.1) is 0 Å². The van der Waals surface area contributed by atoms with Crippen LogP contribution in [0.1, 0.15) is 13.8 Å². The van der Waals surface area contributed by atoms with Crippen molar-refractivity contribution in [3.8, 4) is 0 Å². The number of carbonyl (C=O) groups excluding carboxylic acids is 3. The van der Waals surface area contributed by atoms with Gasteiger partial charge in [0.2, 0.25) is 11.8 Å². The number of rotatable bonds is 5. The number of nitrogens with one attached hydrogen (secondary N) is 1. The maximum absolute atomic E-state index is 14.8. The van der Waals surface area contributed by atoms with Crippen LogP contribution >= 0.6 is 0 Å². The normalized spacial score (nSPS) is 23.9. The van der Waals surface area contributed by atoms with E-state index in [1.807, 2.05) is 11.8 Å². The zero-order valence-corrected chi connectivity index (χ0v) is 16.6. The number of likely N-dealkylation sites (N-methyl/N-ethyl adjacent to an activating group) is 1. The summed E-state index contributed by atoms with van der Waals surface area (Å²) >= 11 is 0. The van der Waals surface area contributed by atoms with Crippen LogP contribution in [0.3, 0.4) is 0 Å². The second-order valence-electron chi connectivity index (χ2n) is 7.43. The lowest BCUT2D eigenvalue weighted by Crippen LogP contribution is -2.41. The Hall–Kier alpha value is -2.88. The molecule has 3 rings (SSSR count). The molecule has 2 saturated heterocycles. The predicted octanol–water partition coefficient (Wildman–Crippen LogP) is 0.520. The number of halogens is 1. The summed E-state index contributed by atoms with van der Waals surface area (Å²) in [6.45, 7) is 3.81. The first-order valence-electron chi connectivity index (χ1n) is 9.37. The number of benzene rings is 1. The highest BCUT2D eigenvalue weighted by Crippen LogP contribution is 2.31. The SMILES string of the molecule is CC(=O)N(C)C1CN(c2ccc(N3C[C@@H](C)[C@H](NC(=O)CO)C3)c(F)c2)C(=O)O1. The summed E-state index contributed by atoms with van der Waals surface area (Å²) in [5.74, 6) is -1.12. The number of amides is 3. The molecule has 9 nitrogen and oxygen atoms in total. The molecule has 2 N–H and O–H groups in total. The van der Waals surface area contributed by atoms with E-state index in [2.05, 4.69) is 5.32 Å². The summed E-state index contributed by atoms with van der Waals surface area (Å²) in [5.41, 5.74) is 0.708. The van der Waals surface area contributed by atoms with Crippen molar-refractivity contribution in [1.82, 2.24) is 10.2 Å². The third-order valence-electron chi connectivity index (χ3n) is 5.41. The second kappa shape index (κ2) is 8.24. The Kier molecular flexibility index (Phi) is 5.92. The lowest BCUT2D eigenvalue weighted by Gasteiger charge is -2.22. The molecule has 2 heterocycles. The van der Waals surface area contributed by atoms with E-state index in [9.17, 15) is 18.8 Å². The third kappa shape index (κ3) is 4.26. The van der Waals surface area contributed by atoms with Gasteiger partial charge in [0.1, 0.15) is 12.4 Å². The summed E-state index contributed by atoms with van der Waals surface area (Å²) in [7, 11) is 1.54. The van der Waals surface area contributed by atoms with E-state index < -0.39 is 30.7 Å². The topological polar surface area (TPSA) is 102 Å². The molecule has 0 bridgehead atoms. The van der Waals surface area contributed by atoms with Crippen molar-refractivity contribution in [3.05, 3.63) is 24.0 Å². The standard InChI is InChI=1S/C19H25FN4O5/c1-11-7-23(8-15(11)21-17(27)10-25)16-5-4-13(6-14(16)20)24-9-18(29-19(24)28)22(3)12(2)26/h4-6,11,15,18,25H,7-10H2,1-3H3,(H,21,27)/t11-,15-,18?/m1/s1. The van der Waals surface area contributed by atoms with Gasteiger partial charge in [-0.1, -0.05) is 6.92 Å². The van der Waals surface area contributed by atoms with E-state index in [-0.39, 0.29) is 24.4 Å². The van der Waals surface area contributed by atoms with E-state index in [0.717, 1.165) is 0 Å². The molecular weight excluding hydrogens is 383 g/mol. The van der Waals surface area contributed by atoms with Crippen LogP contribution in [0.5, 0.6) is 0 Å². The Balaban J connectivity index is 1.72. The molecule has 3 amide bonds. The maximum Gasteiger partial charge on any atom is 0.416 e. The summed E-state index contributed by atoms with van der Waals surface area (Å²) in [6, 6.07) is 4.28. The van der Waals surface area contributed by atoms with Crippen molar-refractivity contribution in [2.24, 2.45) is 5.92 Å². The highest BCUT2D eigenvalue weighted by atomic mass is 19.1. The molecule has 0 spiro atoms. The van der Waals surface area contributed by atoms with Crippen molar-refractivity contribution >= 4 is 29.3 Å². The minimum absolute atomic E-state index is 0.0843. The molecule has 0 aromatic heterocycles. The Morgan fingerprint density at radius 3 is 2.69 bits per heavy atom. The lowest BCUT2D eigenvalue weighted by molar-refractivity contribution is -0.134. The van der Waals surface area contributed by atoms with Gasteiger partial charge >= 0.3 is 6.09 Å². The molecule has 29 heavy (non-hydrogen) atoms. The van der Waals surface area contributed by atoms with E-state index in [1.165, 1.54) is 29.8 Å². The van der Waals surface area contributed by atoms with Crippen molar-refractivity contribution in [3.63, 3.8) is 0 Å². The van der Waals surface area contributed by atoms with Crippen LogP contribution in [0.15, 0.2) is 18.2 Å². The van der Waals surface area contributed by atoms with Crippen molar-refractivity contribution < 1.29 is 28.6 Å². The Labute approximate surface area is 168 Å². The Morgan fingerprint density at radius 2 is 2.07 bits per heavy atom. The van der Waals surface area contributed by atoms with E-state index >= 15 is 0 Å². The molecule has 2 fully saturated rings. The van der Waals surface area contributed by atoms with Crippen LogP contribution < -0.4 is 15.1 Å². The van der Waals surface area contributed by atoms with E-state index in [1.54, 1.807) is 12.1 Å². The highest BCUT2D eigenvalue weighted by Gasteiger charge is 2.37. The first kappa shape index (κ1) is 20.8. The second-order valence-corrected chi connectivity index (χ2v) is 7.43. The molecule has 0 aliphatic carbocycles. The Bertz CT molecular complexity index is 820. The minimum Gasteiger partial charge on any atom is -0.423 e. The number of anilines is 2. The quantitative estimate of drug-likeness (QED) is 0.737. The van der Waals surface area contributed by atoms with Crippen LogP contribution in [0.4, 0.5) is 20.6 Å².